The van der Waals surface area contributed by atoms with Crippen molar-refractivity contribution >= 4 is 17.0 Å². The third-order valence-electron chi connectivity index (χ3n) is 4.28. The number of benzene rings is 2. The maximum Gasteiger partial charge on any atom is 0.407 e. The van der Waals surface area contributed by atoms with E-state index in [1.807, 2.05) is 61.9 Å². The molecule has 6 heteroatoms. The fourth-order valence-corrected chi connectivity index (χ4v) is 2.98. The van der Waals surface area contributed by atoms with Gasteiger partial charge in [-0.05, 0) is 51.3 Å². The summed E-state index contributed by atoms with van der Waals surface area (Å²) in [6, 6.07) is 18.4. The number of hydrogen-bond donors (Lipinski definition) is 1. The number of alkyl carbamates (subject to hydrolysis) is 1. The average Bonchev–Trinajstić information content (AvgIpc) is 3.02. The van der Waals surface area contributed by atoms with Gasteiger partial charge in [-0.3, -0.25) is 4.68 Å². The summed E-state index contributed by atoms with van der Waals surface area (Å²) in [5.74, 6) is 0.650. The molecule has 0 atom stereocenters. The molecule has 1 N–H and O–H groups in total. The monoisotopic (exact) mass is 395 g/mol. The zero-order valence-corrected chi connectivity index (χ0v) is 17.4. The van der Waals surface area contributed by atoms with Gasteiger partial charge in [-0.2, -0.15) is 0 Å². The Kier molecular flexibility index (Phi) is 6.75. The highest BCUT2D eigenvalue weighted by molar-refractivity contribution is 5.84. The minimum atomic E-state index is -0.479. The van der Waals surface area contributed by atoms with Crippen molar-refractivity contribution in [2.24, 2.45) is 0 Å². The number of para-hydroxylation sites is 1. The fourth-order valence-electron chi connectivity index (χ4n) is 2.98. The minimum absolute atomic E-state index is 0.385. The Morgan fingerprint density at radius 1 is 1.03 bits per heavy atom. The highest BCUT2D eigenvalue weighted by Gasteiger charge is 2.15. The Bertz CT molecular complexity index is 929. The van der Waals surface area contributed by atoms with Crippen molar-refractivity contribution in [3.63, 3.8) is 0 Å². The molecule has 2 aromatic carbocycles. The highest BCUT2D eigenvalue weighted by atomic mass is 16.6. The second-order valence-corrected chi connectivity index (χ2v) is 7.95. The first-order chi connectivity index (χ1) is 13.9. The van der Waals surface area contributed by atoms with Gasteiger partial charge in [0, 0.05) is 6.54 Å². The van der Waals surface area contributed by atoms with Gasteiger partial charge >= 0.3 is 6.09 Å². The van der Waals surface area contributed by atoms with Crippen molar-refractivity contribution in [2.45, 2.75) is 45.8 Å². The van der Waals surface area contributed by atoms with Crippen molar-refractivity contribution in [3.05, 3.63) is 60.2 Å². The molecule has 0 aliphatic carbocycles. The molecule has 0 unspecified atom stereocenters. The summed E-state index contributed by atoms with van der Waals surface area (Å²) in [5, 5.41) is 8.45. The molecule has 3 aromatic rings. The third kappa shape index (κ3) is 6.24. The largest absolute Gasteiger partial charge is 0.476 e. The molecule has 0 radical (unpaired) electrons. The summed E-state index contributed by atoms with van der Waals surface area (Å²) in [4.78, 5) is 11.6. The summed E-state index contributed by atoms with van der Waals surface area (Å²) in [7, 11) is 0. The van der Waals surface area contributed by atoms with Crippen LogP contribution < -0.4 is 10.1 Å². The van der Waals surface area contributed by atoms with Gasteiger partial charge in [-0.1, -0.05) is 42.5 Å². The molecular weight excluding hydrogens is 366 g/mol. The average molecular weight is 396 g/mol. The van der Waals surface area contributed by atoms with E-state index in [1.54, 1.807) is 0 Å². The highest BCUT2D eigenvalue weighted by Crippen LogP contribution is 2.25. The SMILES string of the molecule is CC(C)(C)OC(=O)NCCCCOc1nn(Cc2ccccc2)c2ccccc12. The molecule has 1 amide bonds. The first kappa shape index (κ1) is 20.7. The molecule has 3 rings (SSSR count). The van der Waals surface area contributed by atoms with Gasteiger partial charge in [0.1, 0.15) is 5.60 Å². The molecule has 154 valence electrons. The lowest BCUT2D eigenvalue weighted by atomic mass is 10.2. The molecule has 0 saturated carbocycles. The smallest absolute Gasteiger partial charge is 0.407 e. The van der Waals surface area contributed by atoms with Crippen LogP contribution in [0, 0.1) is 0 Å². The van der Waals surface area contributed by atoms with Crippen molar-refractivity contribution in [3.8, 4) is 5.88 Å². The molecule has 29 heavy (non-hydrogen) atoms. The van der Waals surface area contributed by atoms with Gasteiger partial charge in [0.25, 0.3) is 0 Å². The van der Waals surface area contributed by atoms with E-state index in [4.69, 9.17) is 9.47 Å². The molecule has 0 bridgehead atoms. The lowest BCUT2D eigenvalue weighted by Gasteiger charge is -2.19. The molecule has 0 saturated heterocycles. The minimum Gasteiger partial charge on any atom is -0.476 e. The van der Waals surface area contributed by atoms with Crippen LogP contribution in [-0.4, -0.2) is 34.6 Å². The lowest BCUT2D eigenvalue weighted by Crippen LogP contribution is -2.33. The summed E-state index contributed by atoms with van der Waals surface area (Å²) < 4.78 is 13.1. The van der Waals surface area contributed by atoms with Gasteiger partial charge in [0.15, 0.2) is 0 Å². The molecule has 0 fully saturated rings. The molecular formula is C23H29N3O3. The predicted octanol–water partition coefficient (Wildman–Crippen LogP) is 4.77. The number of fused-ring (bicyclic) bond motifs is 1. The van der Waals surface area contributed by atoms with Crippen LogP contribution in [0.25, 0.3) is 10.9 Å². The second kappa shape index (κ2) is 9.45. The van der Waals surface area contributed by atoms with Crippen molar-refractivity contribution in [1.29, 1.82) is 0 Å². The van der Waals surface area contributed by atoms with Crippen LogP contribution in [-0.2, 0) is 11.3 Å². The van der Waals surface area contributed by atoms with E-state index in [1.165, 1.54) is 5.56 Å². The maximum atomic E-state index is 11.6. The second-order valence-electron chi connectivity index (χ2n) is 7.95. The third-order valence-corrected chi connectivity index (χ3v) is 4.28. The van der Waals surface area contributed by atoms with Crippen LogP contribution in [0.5, 0.6) is 5.88 Å². The van der Waals surface area contributed by atoms with Crippen LogP contribution in [0.3, 0.4) is 0 Å². The predicted molar refractivity (Wildman–Crippen MR) is 114 cm³/mol. The van der Waals surface area contributed by atoms with Gasteiger partial charge in [0.2, 0.25) is 5.88 Å². The van der Waals surface area contributed by atoms with Gasteiger partial charge in [0.05, 0.1) is 24.1 Å². The number of rotatable bonds is 8. The number of unbranched alkanes of at least 4 members (excludes halogenated alkanes) is 1. The van der Waals surface area contributed by atoms with Gasteiger partial charge in [-0.15, -0.1) is 5.10 Å². The van der Waals surface area contributed by atoms with E-state index >= 15 is 0 Å². The van der Waals surface area contributed by atoms with E-state index in [9.17, 15) is 4.79 Å². The first-order valence-corrected chi connectivity index (χ1v) is 10.0. The normalized spacial score (nSPS) is 11.4. The van der Waals surface area contributed by atoms with Crippen LogP contribution in [0.15, 0.2) is 54.6 Å². The molecule has 1 aromatic heterocycles. The Labute approximate surface area is 171 Å². The van der Waals surface area contributed by atoms with Crippen molar-refractivity contribution in [1.82, 2.24) is 15.1 Å². The number of hydrogen-bond acceptors (Lipinski definition) is 4. The maximum absolute atomic E-state index is 11.6. The number of nitrogens with one attached hydrogen (secondary N) is 1. The van der Waals surface area contributed by atoms with Crippen LogP contribution in [0.2, 0.25) is 0 Å². The zero-order valence-electron chi connectivity index (χ0n) is 17.4. The van der Waals surface area contributed by atoms with Crippen molar-refractivity contribution < 1.29 is 14.3 Å². The van der Waals surface area contributed by atoms with E-state index in [2.05, 4.69) is 28.6 Å². The Balaban J connectivity index is 1.51. The standard InChI is InChI=1S/C23H29N3O3/c1-23(2,3)29-22(27)24-15-9-10-16-28-21-19-13-7-8-14-20(19)26(25-21)17-18-11-5-4-6-12-18/h4-8,11-14H,9-10,15-17H2,1-3H3,(H,24,27). The Morgan fingerprint density at radius 3 is 2.52 bits per heavy atom. The number of nitrogens with zero attached hydrogens (tertiary/aromatic N) is 2. The Morgan fingerprint density at radius 2 is 1.76 bits per heavy atom. The molecule has 0 aliphatic rings. The molecule has 6 nitrogen and oxygen atoms in total. The number of carbonyl (C=O) groups excluding carboxylic acids is 1. The zero-order chi connectivity index (χ0) is 20.7. The number of carbonyl (C=O) groups is 1. The van der Waals surface area contributed by atoms with E-state index in [-0.39, 0.29) is 6.09 Å². The van der Waals surface area contributed by atoms with Crippen molar-refractivity contribution in [2.75, 3.05) is 13.2 Å². The summed E-state index contributed by atoms with van der Waals surface area (Å²) in [6.07, 6.45) is 1.24. The number of ether oxygens (including phenoxy) is 2. The lowest BCUT2D eigenvalue weighted by molar-refractivity contribution is 0.0526. The fraction of sp³-hybridized carbons (Fsp3) is 0.391. The van der Waals surface area contributed by atoms with E-state index in [0.717, 1.165) is 23.7 Å². The summed E-state index contributed by atoms with van der Waals surface area (Å²) >= 11 is 0. The molecule has 1 heterocycles. The topological polar surface area (TPSA) is 65.4 Å². The van der Waals surface area contributed by atoms with Crippen LogP contribution in [0.1, 0.15) is 39.2 Å². The molecule has 0 aliphatic heterocycles. The van der Waals surface area contributed by atoms with Crippen LogP contribution >= 0.6 is 0 Å². The molecule has 0 spiro atoms. The summed E-state index contributed by atoms with van der Waals surface area (Å²) in [6.45, 7) is 7.35. The number of amides is 1. The van der Waals surface area contributed by atoms with Gasteiger partial charge in [-0.25, -0.2) is 4.79 Å². The van der Waals surface area contributed by atoms with E-state index in [0.29, 0.717) is 25.6 Å². The first-order valence-electron chi connectivity index (χ1n) is 10.0. The number of aromatic nitrogens is 2. The van der Waals surface area contributed by atoms with Crippen LogP contribution in [0.4, 0.5) is 4.79 Å². The van der Waals surface area contributed by atoms with E-state index < -0.39 is 5.60 Å². The Hall–Kier alpha value is -3.02. The van der Waals surface area contributed by atoms with Gasteiger partial charge < -0.3 is 14.8 Å². The summed E-state index contributed by atoms with van der Waals surface area (Å²) in [5.41, 5.74) is 1.77. The quantitative estimate of drug-likeness (QED) is 0.558.